The van der Waals surface area contributed by atoms with Gasteiger partial charge in [-0.3, -0.25) is 15.0 Å². The second-order valence-corrected chi connectivity index (χ2v) is 5.88. The molecule has 26 heavy (non-hydrogen) atoms. The predicted octanol–water partition coefficient (Wildman–Crippen LogP) is 4.33. The lowest BCUT2D eigenvalue weighted by molar-refractivity contribution is 1.06. The number of nitrogens with two attached hydrogens (primary N) is 1. The van der Waals surface area contributed by atoms with Gasteiger partial charge in [0.05, 0.1) is 17.1 Å². The van der Waals surface area contributed by atoms with Gasteiger partial charge in [-0.2, -0.15) is 0 Å². The molecule has 0 radical (unpaired) electrons. The molecule has 0 saturated carbocycles. The number of rotatable bonds is 4. The van der Waals surface area contributed by atoms with E-state index in [1.54, 1.807) is 18.6 Å². The molecular formula is C22H18N4. The summed E-state index contributed by atoms with van der Waals surface area (Å²) in [6.45, 7) is 0.436. The van der Waals surface area contributed by atoms with Gasteiger partial charge in [0, 0.05) is 36.3 Å². The molecule has 0 spiro atoms. The highest BCUT2D eigenvalue weighted by molar-refractivity contribution is 5.88. The third kappa shape index (κ3) is 2.98. The normalized spacial score (nSPS) is 10.7. The molecule has 3 aromatic heterocycles. The van der Waals surface area contributed by atoms with Crippen LogP contribution in [-0.2, 0) is 6.54 Å². The van der Waals surface area contributed by atoms with E-state index in [1.165, 1.54) is 0 Å². The number of nitrogens with zero attached hydrogens (tertiary/aromatic N) is 3. The van der Waals surface area contributed by atoms with E-state index in [4.69, 9.17) is 5.73 Å². The first kappa shape index (κ1) is 16.1. The fourth-order valence-corrected chi connectivity index (χ4v) is 3.10. The van der Waals surface area contributed by atoms with Crippen LogP contribution in [0.5, 0.6) is 0 Å². The van der Waals surface area contributed by atoms with Crippen LogP contribution in [0.4, 0.5) is 0 Å². The Kier molecular flexibility index (Phi) is 4.50. The van der Waals surface area contributed by atoms with Crippen molar-refractivity contribution in [2.75, 3.05) is 0 Å². The molecule has 126 valence electrons. The summed E-state index contributed by atoms with van der Waals surface area (Å²) < 4.78 is 0. The molecule has 3 heterocycles. The molecule has 0 aliphatic carbocycles. The van der Waals surface area contributed by atoms with Crippen LogP contribution in [0.2, 0.25) is 0 Å². The van der Waals surface area contributed by atoms with Crippen LogP contribution in [-0.4, -0.2) is 15.0 Å². The molecule has 0 atom stereocenters. The van der Waals surface area contributed by atoms with E-state index in [0.29, 0.717) is 6.54 Å². The molecule has 1 aromatic carbocycles. The molecule has 0 amide bonds. The summed E-state index contributed by atoms with van der Waals surface area (Å²) in [4.78, 5) is 13.8. The van der Waals surface area contributed by atoms with Crippen molar-refractivity contribution < 1.29 is 0 Å². The molecule has 0 aliphatic rings. The lowest BCUT2D eigenvalue weighted by atomic mass is 9.94. The Morgan fingerprint density at radius 2 is 1.42 bits per heavy atom. The second kappa shape index (κ2) is 7.25. The average molecular weight is 338 g/mol. The molecule has 0 fully saturated rings. The van der Waals surface area contributed by atoms with Crippen molar-refractivity contribution >= 4 is 0 Å². The monoisotopic (exact) mass is 338 g/mol. The fraction of sp³-hybridized carbons (Fsp3) is 0.0455. The summed E-state index contributed by atoms with van der Waals surface area (Å²) in [6.07, 6.45) is 5.36. The van der Waals surface area contributed by atoms with Crippen LogP contribution in [0, 0.1) is 0 Å². The molecule has 4 nitrogen and oxygen atoms in total. The second-order valence-electron chi connectivity index (χ2n) is 5.88. The molecular weight excluding hydrogens is 320 g/mol. The third-order valence-electron chi connectivity index (χ3n) is 4.29. The van der Waals surface area contributed by atoms with E-state index in [2.05, 4.69) is 27.1 Å². The van der Waals surface area contributed by atoms with E-state index < -0.39 is 0 Å². The molecule has 4 heteroatoms. The maximum absolute atomic E-state index is 6.02. The van der Waals surface area contributed by atoms with Gasteiger partial charge < -0.3 is 5.73 Å². The zero-order chi connectivity index (χ0) is 17.8. The van der Waals surface area contributed by atoms with Crippen molar-refractivity contribution in [3.63, 3.8) is 0 Å². The van der Waals surface area contributed by atoms with Crippen LogP contribution in [0.1, 0.15) is 5.56 Å². The molecule has 4 rings (SSSR count). The van der Waals surface area contributed by atoms with E-state index in [0.717, 1.165) is 39.3 Å². The Labute approximate surface area is 152 Å². The van der Waals surface area contributed by atoms with E-state index >= 15 is 0 Å². The number of hydrogen-bond donors (Lipinski definition) is 1. The van der Waals surface area contributed by atoms with Gasteiger partial charge in [0.1, 0.15) is 0 Å². The standard InChI is InChI=1S/C22H18N4/c23-15-17-11-14-26-22(20(17)16-7-2-1-3-8-16)21-18(9-6-13-25-21)19-10-4-5-12-24-19/h1-14H,15,23H2. The van der Waals surface area contributed by atoms with Crippen molar-refractivity contribution in [1.29, 1.82) is 0 Å². The molecule has 0 unspecified atom stereocenters. The van der Waals surface area contributed by atoms with Crippen LogP contribution >= 0.6 is 0 Å². The number of hydrogen-bond acceptors (Lipinski definition) is 4. The Bertz CT molecular complexity index is 1010. The van der Waals surface area contributed by atoms with E-state index in [9.17, 15) is 0 Å². The summed E-state index contributed by atoms with van der Waals surface area (Å²) in [7, 11) is 0. The smallest absolute Gasteiger partial charge is 0.0986 e. The third-order valence-corrected chi connectivity index (χ3v) is 4.29. The molecule has 0 bridgehead atoms. The lowest BCUT2D eigenvalue weighted by Gasteiger charge is -2.15. The van der Waals surface area contributed by atoms with Gasteiger partial charge in [-0.25, -0.2) is 0 Å². The van der Waals surface area contributed by atoms with Crippen molar-refractivity contribution in [2.45, 2.75) is 6.54 Å². The average Bonchev–Trinajstić information content (AvgIpc) is 2.74. The van der Waals surface area contributed by atoms with Crippen molar-refractivity contribution in [2.24, 2.45) is 5.73 Å². The summed E-state index contributed by atoms with van der Waals surface area (Å²) in [5.41, 5.74) is 12.6. The minimum Gasteiger partial charge on any atom is -0.326 e. The zero-order valence-corrected chi connectivity index (χ0v) is 14.2. The van der Waals surface area contributed by atoms with Gasteiger partial charge in [-0.1, -0.05) is 36.4 Å². The summed E-state index contributed by atoms with van der Waals surface area (Å²) in [5, 5.41) is 0. The van der Waals surface area contributed by atoms with Gasteiger partial charge in [0.25, 0.3) is 0 Å². The minimum atomic E-state index is 0.436. The van der Waals surface area contributed by atoms with E-state index in [1.807, 2.05) is 54.6 Å². The quantitative estimate of drug-likeness (QED) is 0.601. The van der Waals surface area contributed by atoms with Crippen LogP contribution < -0.4 is 5.73 Å². The van der Waals surface area contributed by atoms with Gasteiger partial charge in [0.15, 0.2) is 0 Å². The van der Waals surface area contributed by atoms with Crippen molar-refractivity contribution in [3.8, 4) is 33.8 Å². The van der Waals surface area contributed by atoms with Crippen LogP contribution in [0.15, 0.2) is 85.3 Å². The maximum atomic E-state index is 6.02. The van der Waals surface area contributed by atoms with Gasteiger partial charge in [0.2, 0.25) is 0 Å². The van der Waals surface area contributed by atoms with Gasteiger partial charge in [-0.05, 0) is 41.5 Å². The van der Waals surface area contributed by atoms with Gasteiger partial charge >= 0.3 is 0 Å². The SMILES string of the molecule is NCc1ccnc(-c2ncccc2-c2ccccn2)c1-c1ccccc1. The number of benzene rings is 1. The molecule has 0 aliphatic heterocycles. The van der Waals surface area contributed by atoms with Crippen molar-refractivity contribution in [1.82, 2.24) is 15.0 Å². The fourth-order valence-electron chi connectivity index (χ4n) is 3.10. The lowest BCUT2D eigenvalue weighted by Crippen LogP contribution is -2.03. The Morgan fingerprint density at radius 1 is 0.654 bits per heavy atom. The summed E-state index contributed by atoms with van der Waals surface area (Å²) in [5.74, 6) is 0. The topological polar surface area (TPSA) is 64.7 Å². The Balaban J connectivity index is 1.99. The number of pyridine rings is 3. The van der Waals surface area contributed by atoms with Gasteiger partial charge in [-0.15, -0.1) is 0 Å². The first-order chi connectivity index (χ1) is 12.9. The summed E-state index contributed by atoms with van der Waals surface area (Å²) >= 11 is 0. The largest absolute Gasteiger partial charge is 0.326 e. The zero-order valence-electron chi connectivity index (χ0n) is 14.2. The predicted molar refractivity (Wildman–Crippen MR) is 104 cm³/mol. The summed E-state index contributed by atoms with van der Waals surface area (Å²) in [6, 6.07) is 22.0. The van der Waals surface area contributed by atoms with E-state index in [-0.39, 0.29) is 0 Å². The number of aromatic nitrogens is 3. The minimum absolute atomic E-state index is 0.436. The first-order valence-electron chi connectivity index (χ1n) is 8.48. The highest BCUT2D eigenvalue weighted by Gasteiger charge is 2.17. The molecule has 0 saturated heterocycles. The highest BCUT2D eigenvalue weighted by Crippen LogP contribution is 2.36. The highest BCUT2D eigenvalue weighted by atomic mass is 14.8. The van der Waals surface area contributed by atoms with Crippen LogP contribution in [0.3, 0.4) is 0 Å². The first-order valence-corrected chi connectivity index (χ1v) is 8.48. The van der Waals surface area contributed by atoms with Crippen LogP contribution in [0.25, 0.3) is 33.8 Å². The Hall–Kier alpha value is -3.37. The van der Waals surface area contributed by atoms with Crippen molar-refractivity contribution in [3.05, 3.63) is 90.9 Å². The molecule has 4 aromatic rings. The molecule has 2 N–H and O–H groups in total. The maximum Gasteiger partial charge on any atom is 0.0986 e. The Morgan fingerprint density at radius 3 is 2.19 bits per heavy atom.